The lowest BCUT2D eigenvalue weighted by Crippen LogP contribution is -2.30. The van der Waals surface area contributed by atoms with E-state index in [2.05, 4.69) is 10.3 Å². The molecule has 1 aromatic heterocycles. The van der Waals surface area contributed by atoms with E-state index in [1.807, 2.05) is 31.4 Å². The Labute approximate surface area is 133 Å². The zero-order chi connectivity index (χ0) is 16.1. The highest BCUT2D eigenvalue weighted by molar-refractivity contribution is 7.09. The van der Waals surface area contributed by atoms with Gasteiger partial charge in [-0.25, -0.2) is 4.98 Å². The molecule has 1 atom stereocenters. The maximum absolute atomic E-state index is 12.0. The van der Waals surface area contributed by atoms with Gasteiger partial charge in [0.25, 0.3) is 5.91 Å². The van der Waals surface area contributed by atoms with E-state index >= 15 is 0 Å². The first-order chi connectivity index (χ1) is 10.4. The van der Waals surface area contributed by atoms with E-state index in [-0.39, 0.29) is 12.3 Å². The first kappa shape index (κ1) is 16.2. The fourth-order valence-corrected chi connectivity index (χ4v) is 2.42. The Morgan fingerprint density at radius 3 is 2.55 bits per heavy atom. The average molecular weight is 318 g/mol. The summed E-state index contributed by atoms with van der Waals surface area (Å²) in [6.45, 7) is 5.39. The van der Waals surface area contributed by atoms with E-state index in [0.717, 1.165) is 10.6 Å². The monoisotopic (exact) mass is 318 g/mol. The van der Waals surface area contributed by atoms with E-state index < -0.39 is 12.1 Å². The number of esters is 1. The van der Waals surface area contributed by atoms with Crippen LogP contribution in [0.1, 0.15) is 23.2 Å². The molecule has 1 amide bonds. The predicted molar refractivity (Wildman–Crippen MR) is 85.9 cm³/mol. The second kappa shape index (κ2) is 7.17. The SMILES string of the molecule is Cc1ccc(NC(=O)[C@H](C)OC(=O)Cc2csc(C)n2)cc1. The van der Waals surface area contributed by atoms with Crippen LogP contribution in [-0.4, -0.2) is 23.0 Å². The van der Waals surface area contributed by atoms with Crippen LogP contribution in [0.3, 0.4) is 0 Å². The fraction of sp³-hybridized carbons (Fsp3) is 0.312. The van der Waals surface area contributed by atoms with E-state index in [0.29, 0.717) is 11.4 Å². The highest BCUT2D eigenvalue weighted by Crippen LogP contribution is 2.11. The number of rotatable bonds is 5. The number of thiazole rings is 1. The van der Waals surface area contributed by atoms with Crippen molar-refractivity contribution in [1.29, 1.82) is 0 Å². The molecule has 0 saturated carbocycles. The van der Waals surface area contributed by atoms with Gasteiger partial charge in [0.15, 0.2) is 6.10 Å². The highest BCUT2D eigenvalue weighted by atomic mass is 32.1. The van der Waals surface area contributed by atoms with Gasteiger partial charge in [-0.1, -0.05) is 17.7 Å². The summed E-state index contributed by atoms with van der Waals surface area (Å²) in [4.78, 5) is 28.0. The van der Waals surface area contributed by atoms with Crippen LogP contribution in [0.4, 0.5) is 5.69 Å². The molecule has 2 aromatic rings. The van der Waals surface area contributed by atoms with Gasteiger partial charge >= 0.3 is 5.97 Å². The smallest absolute Gasteiger partial charge is 0.312 e. The first-order valence-corrected chi connectivity index (χ1v) is 7.80. The third-order valence-corrected chi connectivity index (χ3v) is 3.81. The predicted octanol–water partition coefficient (Wildman–Crippen LogP) is 2.87. The van der Waals surface area contributed by atoms with Crippen LogP contribution in [0.2, 0.25) is 0 Å². The Balaban J connectivity index is 1.85. The number of carbonyl (C=O) groups excluding carboxylic acids is 2. The minimum Gasteiger partial charge on any atom is -0.452 e. The molecule has 22 heavy (non-hydrogen) atoms. The topological polar surface area (TPSA) is 68.3 Å². The number of anilines is 1. The van der Waals surface area contributed by atoms with Crippen LogP contribution in [0.5, 0.6) is 0 Å². The average Bonchev–Trinajstić information content (AvgIpc) is 2.86. The van der Waals surface area contributed by atoms with Gasteiger partial charge in [0.1, 0.15) is 0 Å². The number of aryl methyl sites for hydroxylation is 2. The first-order valence-electron chi connectivity index (χ1n) is 6.92. The largest absolute Gasteiger partial charge is 0.452 e. The van der Waals surface area contributed by atoms with Gasteiger partial charge in [-0.2, -0.15) is 0 Å². The zero-order valence-electron chi connectivity index (χ0n) is 12.8. The summed E-state index contributed by atoms with van der Waals surface area (Å²) in [6, 6.07) is 7.41. The summed E-state index contributed by atoms with van der Waals surface area (Å²) < 4.78 is 5.13. The second-order valence-electron chi connectivity index (χ2n) is 5.02. The Morgan fingerprint density at radius 2 is 1.95 bits per heavy atom. The molecule has 0 radical (unpaired) electrons. The molecular weight excluding hydrogens is 300 g/mol. The van der Waals surface area contributed by atoms with Crippen LogP contribution < -0.4 is 5.32 Å². The van der Waals surface area contributed by atoms with Gasteiger partial charge in [-0.3, -0.25) is 9.59 Å². The van der Waals surface area contributed by atoms with Crippen molar-refractivity contribution in [2.75, 3.05) is 5.32 Å². The molecule has 0 aliphatic heterocycles. The Kier molecular flexibility index (Phi) is 5.27. The lowest BCUT2D eigenvalue weighted by molar-refractivity contribution is -0.152. The number of hydrogen-bond donors (Lipinski definition) is 1. The molecule has 0 saturated heterocycles. The number of benzene rings is 1. The molecule has 1 heterocycles. The number of aromatic nitrogens is 1. The maximum Gasteiger partial charge on any atom is 0.312 e. The summed E-state index contributed by atoms with van der Waals surface area (Å²) in [5.74, 6) is -0.816. The number of nitrogens with zero attached hydrogens (tertiary/aromatic N) is 1. The van der Waals surface area contributed by atoms with Crippen LogP contribution in [0.25, 0.3) is 0 Å². The van der Waals surface area contributed by atoms with E-state index in [4.69, 9.17) is 4.74 Å². The van der Waals surface area contributed by atoms with Crippen LogP contribution in [0, 0.1) is 13.8 Å². The van der Waals surface area contributed by atoms with Crippen molar-refractivity contribution >= 4 is 28.9 Å². The van der Waals surface area contributed by atoms with Crippen molar-refractivity contribution in [3.63, 3.8) is 0 Å². The van der Waals surface area contributed by atoms with Crippen LogP contribution in [0.15, 0.2) is 29.6 Å². The summed E-state index contributed by atoms with van der Waals surface area (Å²) in [5, 5.41) is 5.42. The normalized spacial score (nSPS) is 11.8. The molecule has 0 fully saturated rings. The van der Waals surface area contributed by atoms with E-state index in [1.54, 1.807) is 19.1 Å². The minimum atomic E-state index is -0.853. The van der Waals surface area contributed by atoms with Gasteiger partial charge in [0.2, 0.25) is 0 Å². The van der Waals surface area contributed by atoms with Crippen molar-refractivity contribution in [2.24, 2.45) is 0 Å². The minimum absolute atomic E-state index is 0.0759. The molecular formula is C16H18N2O3S. The van der Waals surface area contributed by atoms with Crippen molar-refractivity contribution < 1.29 is 14.3 Å². The molecule has 6 heteroatoms. The molecule has 0 bridgehead atoms. The number of carbonyl (C=O) groups is 2. The standard InChI is InChI=1S/C16H18N2O3S/c1-10-4-6-13(7-5-10)18-16(20)11(2)21-15(19)8-14-9-22-12(3)17-14/h4-7,9,11H,8H2,1-3H3,(H,18,20)/t11-/m0/s1. The van der Waals surface area contributed by atoms with Crippen molar-refractivity contribution in [1.82, 2.24) is 4.98 Å². The molecule has 2 rings (SSSR count). The van der Waals surface area contributed by atoms with Crippen molar-refractivity contribution in [2.45, 2.75) is 33.3 Å². The molecule has 1 aromatic carbocycles. The quantitative estimate of drug-likeness (QED) is 0.861. The number of hydrogen-bond acceptors (Lipinski definition) is 5. The summed E-state index contributed by atoms with van der Waals surface area (Å²) in [7, 11) is 0. The van der Waals surface area contributed by atoms with E-state index in [9.17, 15) is 9.59 Å². The van der Waals surface area contributed by atoms with Gasteiger partial charge in [0, 0.05) is 11.1 Å². The van der Waals surface area contributed by atoms with Crippen molar-refractivity contribution in [3.8, 4) is 0 Å². The number of nitrogens with one attached hydrogen (secondary N) is 1. The highest BCUT2D eigenvalue weighted by Gasteiger charge is 2.18. The van der Waals surface area contributed by atoms with Gasteiger partial charge < -0.3 is 10.1 Å². The zero-order valence-corrected chi connectivity index (χ0v) is 13.6. The maximum atomic E-state index is 12.0. The Bertz CT molecular complexity index is 664. The van der Waals surface area contributed by atoms with Gasteiger partial charge in [0.05, 0.1) is 17.1 Å². The van der Waals surface area contributed by atoms with Crippen molar-refractivity contribution in [3.05, 3.63) is 45.9 Å². The lowest BCUT2D eigenvalue weighted by atomic mass is 10.2. The molecule has 0 unspecified atom stereocenters. The molecule has 1 N–H and O–H groups in total. The number of amides is 1. The molecule has 5 nitrogen and oxygen atoms in total. The summed E-state index contributed by atoms with van der Waals surface area (Å²) in [5.41, 5.74) is 2.45. The fourth-order valence-electron chi connectivity index (χ4n) is 1.81. The summed E-state index contributed by atoms with van der Waals surface area (Å²) >= 11 is 1.48. The van der Waals surface area contributed by atoms with Gasteiger partial charge in [-0.05, 0) is 32.9 Å². The second-order valence-corrected chi connectivity index (χ2v) is 6.08. The van der Waals surface area contributed by atoms with Crippen LogP contribution in [-0.2, 0) is 20.7 Å². The number of ether oxygens (including phenoxy) is 1. The Hall–Kier alpha value is -2.21. The molecule has 0 spiro atoms. The molecule has 0 aliphatic rings. The molecule has 116 valence electrons. The Morgan fingerprint density at radius 1 is 1.27 bits per heavy atom. The third kappa shape index (κ3) is 4.66. The lowest BCUT2D eigenvalue weighted by Gasteiger charge is -2.13. The summed E-state index contributed by atoms with van der Waals surface area (Å²) in [6.07, 6.45) is -0.777. The van der Waals surface area contributed by atoms with E-state index in [1.165, 1.54) is 11.3 Å². The van der Waals surface area contributed by atoms with Crippen LogP contribution >= 0.6 is 11.3 Å². The molecule has 0 aliphatic carbocycles. The third-order valence-electron chi connectivity index (χ3n) is 2.99. The van der Waals surface area contributed by atoms with Gasteiger partial charge in [-0.15, -0.1) is 11.3 Å².